The molecular formula is C19H22BrN3O4S. The summed E-state index contributed by atoms with van der Waals surface area (Å²) in [7, 11) is -2.18. The predicted octanol–water partition coefficient (Wildman–Crippen LogP) is 3.15. The number of rotatable bonds is 7. The van der Waals surface area contributed by atoms with Crippen LogP contribution in [0.15, 0.2) is 58.1 Å². The normalized spacial score (nSPS) is 13.0. The summed E-state index contributed by atoms with van der Waals surface area (Å²) in [5.41, 5.74) is 4.25. The molecule has 0 aliphatic heterocycles. The van der Waals surface area contributed by atoms with E-state index in [0.29, 0.717) is 17.1 Å². The Labute approximate surface area is 173 Å². The molecule has 0 aliphatic carbocycles. The van der Waals surface area contributed by atoms with Gasteiger partial charge in [-0.25, -0.2) is 13.8 Å². The summed E-state index contributed by atoms with van der Waals surface area (Å²) >= 11 is 3.36. The first-order valence-corrected chi connectivity index (χ1v) is 11.0. The van der Waals surface area contributed by atoms with E-state index in [9.17, 15) is 13.2 Å². The van der Waals surface area contributed by atoms with Crippen LogP contribution in [-0.2, 0) is 14.8 Å². The van der Waals surface area contributed by atoms with Gasteiger partial charge >= 0.3 is 0 Å². The molecule has 28 heavy (non-hydrogen) atoms. The number of hydrogen-bond donors (Lipinski definition) is 1. The Bertz CT molecular complexity index is 958. The Kier molecular flexibility index (Phi) is 7.20. The second kappa shape index (κ2) is 9.20. The molecule has 2 aromatic rings. The second-order valence-electron chi connectivity index (χ2n) is 6.11. The van der Waals surface area contributed by atoms with Crippen LogP contribution in [0.4, 0.5) is 5.69 Å². The van der Waals surface area contributed by atoms with Crippen LogP contribution in [0.25, 0.3) is 0 Å². The van der Waals surface area contributed by atoms with Gasteiger partial charge in [0.15, 0.2) is 0 Å². The van der Waals surface area contributed by atoms with Crippen molar-refractivity contribution in [2.75, 3.05) is 17.7 Å². The van der Waals surface area contributed by atoms with Gasteiger partial charge in [-0.15, -0.1) is 0 Å². The second-order valence-corrected chi connectivity index (χ2v) is 8.89. The molecule has 0 saturated heterocycles. The van der Waals surface area contributed by atoms with Gasteiger partial charge in [-0.1, -0.05) is 28.1 Å². The van der Waals surface area contributed by atoms with Crippen LogP contribution >= 0.6 is 15.9 Å². The van der Waals surface area contributed by atoms with Crippen LogP contribution in [0.5, 0.6) is 5.75 Å². The minimum absolute atomic E-state index is 0.361. The lowest BCUT2D eigenvalue weighted by Gasteiger charge is -2.27. The molecule has 0 heterocycles. The summed E-state index contributed by atoms with van der Waals surface area (Å²) in [6.45, 7) is 3.26. The van der Waals surface area contributed by atoms with Crippen molar-refractivity contribution < 1.29 is 17.9 Å². The highest BCUT2D eigenvalue weighted by Crippen LogP contribution is 2.23. The van der Waals surface area contributed by atoms with E-state index in [-0.39, 0.29) is 0 Å². The lowest BCUT2D eigenvalue weighted by Crippen LogP contribution is -2.46. The fourth-order valence-corrected chi connectivity index (χ4v) is 3.97. The van der Waals surface area contributed by atoms with Gasteiger partial charge in [0, 0.05) is 4.47 Å². The molecule has 0 aliphatic rings. The van der Waals surface area contributed by atoms with E-state index < -0.39 is 22.0 Å². The van der Waals surface area contributed by atoms with Crippen molar-refractivity contribution in [2.45, 2.75) is 19.9 Å². The maximum atomic E-state index is 12.6. The summed E-state index contributed by atoms with van der Waals surface area (Å²) in [6, 6.07) is 12.9. The molecular weight excluding hydrogens is 446 g/mol. The van der Waals surface area contributed by atoms with Gasteiger partial charge in [-0.2, -0.15) is 5.10 Å². The van der Waals surface area contributed by atoms with Crippen LogP contribution in [0.3, 0.4) is 0 Å². The number of benzene rings is 2. The van der Waals surface area contributed by atoms with Crippen molar-refractivity contribution >= 4 is 43.3 Å². The average molecular weight is 468 g/mol. The van der Waals surface area contributed by atoms with Crippen molar-refractivity contribution in [2.24, 2.45) is 5.10 Å². The molecule has 7 nitrogen and oxygen atoms in total. The maximum absolute atomic E-state index is 12.6. The minimum Gasteiger partial charge on any atom is -0.497 e. The highest BCUT2D eigenvalue weighted by Gasteiger charge is 2.29. The Morgan fingerprint density at radius 2 is 1.71 bits per heavy atom. The van der Waals surface area contributed by atoms with Crippen LogP contribution in [-0.4, -0.2) is 39.4 Å². The van der Waals surface area contributed by atoms with Gasteiger partial charge in [0.2, 0.25) is 10.0 Å². The quantitative estimate of drug-likeness (QED) is 0.500. The summed E-state index contributed by atoms with van der Waals surface area (Å²) in [4.78, 5) is 12.6. The Balaban J connectivity index is 2.21. The molecule has 150 valence electrons. The standard InChI is InChI=1S/C19H22BrN3O4S/c1-13(15-5-7-16(20)8-6-15)21-22-19(24)14(2)23(28(4,25)26)17-9-11-18(27-3)12-10-17/h5-12,14H,1-4H3,(H,22,24)/b21-13-/t14-/m1/s1. The van der Waals surface area contributed by atoms with Gasteiger partial charge in [0.1, 0.15) is 11.8 Å². The highest BCUT2D eigenvalue weighted by molar-refractivity contribution is 9.10. The molecule has 2 aromatic carbocycles. The largest absolute Gasteiger partial charge is 0.497 e. The number of carbonyl (C=O) groups is 1. The molecule has 9 heteroatoms. The maximum Gasteiger partial charge on any atom is 0.263 e. The van der Waals surface area contributed by atoms with Crippen molar-refractivity contribution in [1.82, 2.24) is 5.43 Å². The number of anilines is 1. The van der Waals surface area contributed by atoms with Gasteiger partial charge < -0.3 is 4.74 Å². The first-order chi connectivity index (χ1) is 13.1. The fraction of sp³-hybridized carbons (Fsp3) is 0.263. The number of nitrogens with zero attached hydrogens (tertiary/aromatic N) is 2. The van der Waals surface area contributed by atoms with Gasteiger partial charge in [0.05, 0.1) is 24.8 Å². The van der Waals surface area contributed by atoms with Crippen molar-refractivity contribution in [3.05, 3.63) is 58.6 Å². The molecule has 0 radical (unpaired) electrons. The molecule has 2 rings (SSSR count). The van der Waals surface area contributed by atoms with E-state index >= 15 is 0 Å². The Morgan fingerprint density at radius 1 is 1.14 bits per heavy atom. The minimum atomic E-state index is -3.70. The highest BCUT2D eigenvalue weighted by atomic mass is 79.9. The predicted molar refractivity (Wildman–Crippen MR) is 114 cm³/mol. The smallest absolute Gasteiger partial charge is 0.263 e. The molecule has 0 fully saturated rings. The number of methoxy groups -OCH3 is 1. The van der Waals surface area contributed by atoms with Gasteiger partial charge in [-0.3, -0.25) is 9.10 Å². The van der Waals surface area contributed by atoms with E-state index in [2.05, 4.69) is 26.5 Å². The van der Waals surface area contributed by atoms with Crippen LogP contribution in [0.1, 0.15) is 19.4 Å². The van der Waals surface area contributed by atoms with E-state index in [1.165, 1.54) is 14.0 Å². The number of hydrazone groups is 1. The van der Waals surface area contributed by atoms with Gasteiger partial charge in [0.25, 0.3) is 5.91 Å². The summed E-state index contributed by atoms with van der Waals surface area (Å²) in [5.74, 6) is 0.0433. The summed E-state index contributed by atoms with van der Waals surface area (Å²) in [6.07, 6.45) is 1.05. The molecule has 1 amide bonds. The molecule has 0 spiro atoms. The number of halogens is 1. The molecule has 0 aromatic heterocycles. The molecule has 1 atom stereocenters. The first kappa shape index (κ1) is 21.9. The molecule has 0 saturated carbocycles. The van der Waals surface area contributed by atoms with Crippen molar-refractivity contribution in [1.29, 1.82) is 0 Å². The summed E-state index contributed by atoms with van der Waals surface area (Å²) < 4.78 is 31.7. The third-order valence-electron chi connectivity index (χ3n) is 4.01. The topological polar surface area (TPSA) is 88.1 Å². The van der Waals surface area contributed by atoms with Crippen molar-refractivity contribution in [3.63, 3.8) is 0 Å². The lowest BCUT2D eigenvalue weighted by molar-refractivity contribution is -0.121. The molecule has 0 bridgehead atoms. The zero-order chi connectivity index (χ0) is 20.9. The Hall–Kier alpha value is -2.39. The van der Waals surface area contributed by atoms with Crippen LogP contribution < -0.4 is 14.5 Å². The van der Waals surface area contributed by atoms with Crippen LogP contribution in [0.2, 0.25) is 0 Å². The number of nitrogens with one attached hydrogen (secondary N) is 1. The summed E-state index contributed by atoms with van der Waals surface area (Å²) in [5, 5.41) is 4.09. The Morgan fingerprint density at radius 3 is 2.21 bits per heavy atom. The third-order valence-corrected chi connectivity index (χ3v) is 5.78. The molecule has 1 N–H and O–H groups in total. The number of ether oxygens (including phenoxy) is 1. The molecule has 0 unspecified atom stereocenters. The van der Waals surface area contributed by atoms with Crippen molar-refractivity contribution in [3.8, 4) is 5.75 Å². The third kappa shape index (κ3) is 5.56. The first-order valence-electron chi connectivity index (χ1n) is 8.37. The number of hydrogen-bond acceptors (Lipinski definition) is 5. The van der Waals surface area contributed by atoms with E-state index in [1.807, 2.05) is 24.3 Å². The lowest BCUT2D eigenvalue weighted by atomic mass is 10.1. The van der Waals surface area contributed by atoms with E-state index in [1.54, 1.807) is 31.2 Å². The average Bonchev–Trinajstić information content (AvgIpc) is 2.66. The van der Waals surface area contributed by atoms with Crippen LogP contribution in [0, 0.1) is 0 Å². The zero-order valence-electron chi connectivity index (χ0n) is 16.0. The number of sulfonamides is 1. The monoisotopic (exact) mass is 467 g/mol. The number of carbonyl (C=O) groups excluding carboxylic acids is 1. The fourth-order valence-electron chi connectivity index (χ4n) is 2.53. The van der Waals surface area contributed by atoms with E-state index in [0.717, 1.165) is 20.6 Å². The zero-order valence-corrected chi connectivity index (χ0v) is 18.4. The van der Waals surface area contributed by atoms with E-state index in [4.69, 9.17) is 4.74 Å². The van der Waals surface area contributed by atoms with Gasteiger partial charge in [-0.05, 0) is 55.8 Å². The number of amides is 1. The SMILES string of the molecule is COc1ccc(N([C@H](C)C(=O)N/N=C(/C)c2ccc(Br)cc2)S(C)(=O)=O)cc1.